The lowest BCUT2D eigenvalue weighted by molar-refractivity contribution is -0.139. The fraction of sp³-hybridized carbons (Fsp3) is 0.538. The molecule has 1 atom stereocenters. The molecule has 0 aromatic heterocycles. The third-order valence-corrected chi connectivity index (χ3v) is 9.88. The van der Waals surface area contributed by atoms with Crippen LogP contribution in [-0.2, 0) is 29.0 Å². The number of sulfonamides is 1. The molecule has 0 saturated carbocycles. The predicted molar refractivity (Wildman–Crippen MR) is 135 cm³/mol. The molecule has 35 heavy (non-hydrogen) atoms. The Bertz CT molecular complexity index is 1150. The zero-order valence-corrected chi connectivity index (χ0v) is 21.7. The zero-order chi connectivity index (χ0) is 25.2. The molecule has 0 amide bonds. The molecule has 0 bridgehead atoms. The van der Waals surface area contributed by atoms with Gasteiger partial charge in [0.1, 0.15) is 5.75 Å². The van der Waals surface area contributed by atoms with Crippen molar-refractivity contribution in [2.24, 2.45) is 5.92 Å². The van der Waals surface area contributed by atoms with Crippen molar-refractivity contribution in [2.75, 3.05) is 22.4 Å². The number of ether oxygens (including phenoxy) is 1. The molecule has 0 N–H and O–H groups in total. The van der Waals surface area contributed by atoms with E-state index in [-0.39, 0.29) is 29.2 Å². The lowest BCUT2D eigenvalue weighted by Gasteiger charge is -2.38. The number of anilines is 1. The van der Waals surface area contributed by atoms with Crippen molar-refractivity contribution in [1.82, 2.24) is 0 Å². The summed E-state index contributed by atoms with van der Waals surface area (Å²) in [6, 6.07) is 8.53. The molecule has 1 unspecified atom stereocenters. The number of alkyl halides is 3. The van der Waals surface area contributed by atoms with E-state index in [9.17, 15) is 21.6 Å². The molecule has 4 nitrogen and oxygen atoms in total. The summed E-state index contributed by atoms with van der Waals surface area (Å²) in [6.07, 6.45) is -0.148. The van der Waals surface area contributed by atoms with Crippen LogP contribution >= 0.6 is 11.8 Å². The Kier molecular flexibility index (Phi) is 7.95. The van der Waals surface area contributed by atoms with Crippen molar-refractivity contribution < 1.29 is 26.3 Å². The minimum absolute atomic E-state index is 0.201. The highest BCUT2D eigenvalue weighted by Gasteiger charge is 2.39. The van der Waals surface area contributed by atoms with Gasteiger partial charge in [-0.15, -0.1) is 0 Å². The Labute approximate surface area is 210 Å². The molecule has 4 rings (SSSR count). The largest absolute Gasteiger partial charge is 0.493 e. The highest BCUT2D eigenvalue weighted by Crippen LogP contribution is 2.41. The van der Waals surface area contributed by atoms with Gasteiger partial charge in [0, 0.05) is 6.04 Å². The van der Waals surface area contributed by atoms with Crippen LogP contribution in [0.1, 0.15) is 56.2 Å². The standard InChI is InChI=1S/C26H32F3NO3S2/c1-3-18-5-9-24-20(15-18)6-7-21(4-2)30(24)35(31,32)22-8-10-25(23(16-22)26(27,28)29)33-17-19-11-13-34-14-12-19/h5,8-10,15-16,19,21H,3-4,6-7,11-14,17H2,1-2H3. The minimum atomic E-state index is -4.73. The number of nitrogens with zero attached hydrogens (tertiary/aromatic N) is 1. The molecule has 0 radical (unpaired) electrons. The van der Waals surface area contributed by atoms with Crippen LogP contribution < -0.4 is 9.04 Å². The van der Waals surface area contributed by atoms with E-state index in [0.29, 0.717) is 18.5 Å². The molecule has 2 aromatic carbocycles. The molecule has 1 saturated heterocycles. The van der Waals surface area contributed by atoms with Crippen molar-refractivity contribution in [3.8, 4) is 5.75 Å². The van der Waals surface area contributed by atoms with Crippen molar-refractivity contribution in [1.29, 1.82) is 0 Å². The second-order valence-corrected chi connectivity index (χ2v) is 12.3. The smallest absolute Gasteiger partial charge is 0.420 e. The Balaban J connectivity index is 1.70. The maximum Gasteiger partial charge on any atom is 0.420 e. The van der Waals surface area contributed by atoms with E-state index in [1.165, 1.54) is 16.4 Å². The first-order valence-corrected chi connectivity index (χ1v) is 14.8. The molecule has 192 valence electrons. The topological polar surface area (TPSA) is 46.6 Å². The van der Waals surface area contributed by atoms with Gasteiger partial charge in [-0.25, -0.2) is 8.42 Å². The minimum Gasteiger partial charge on any atom is -0.493 e. The summed E-state index contributed by atoms with van der Waals surface area (Å²) in [5.74, 6) is 1.86. The van der Waals surface area contributed by atoms with Gasteiger partial charge < -0.3 is 4.74 Å². The third kappa shape index (κ3) is 5.61. The van der Waals surface area contributed by atoms with Gasteiger partial charge in [-0.1, -0.05) is 26.0 Å². The van der Waals surface area contributed by atoms with Crippen LogP contribution in [0.4, 0.5) is 18.9 Å². The zero-order valence-electron chi connectivity index (χ0n) is 20.1. The number of aryl methyl sites for hydroxylation is 2. The summed E-state index contributed by atoms with van der Waals surface area (Å²) in [4.78, 5) is -0.364. The molecular formula is C26H32F3NO3S2. The van der Waals surface area contributed by atoms with Gasteiger partial charge in [-0.05, 0) is 91.3 Å². The van der Waals surface area contributed by atoms with Crippen LogP contribution in [0.25, 0.3) is 0 Å². The maximum atomic E-state index is 14.0. The summed E-state index contributed by atoms with van der Waals surface area (Å²) in [6.45, 7) is 4.14. The Morgan fingerprint density at radius 3 is 2.46 bits per heavy atom. The van der Waals surface area contributed by atoms with Gasteiger partial charge in [-0.3, -0.25) is 4.31 Å². The van der Waals surface area contributed by atoms with Gasteiger partial charge in [0.15, 0.2) is 0 Å². The average Bonchev–Trinajstić information content (AvgIpc) is 2.86. The number of fused-ring (bicyclic) bond motifs is 1. The number of benzene rings is 2. The van der Waals surface area contributed by atoms with E-state index >= 15 is 0 Å². The van der Waals surface area contributed by atoms with Crippen LogP contribution in [-0.4, -0.2) is 32.6 Å². The van der Waals surface area contributed by atoms with Crippen LogP contribution in [0.3, 0.4) is 0 Å². The van der Waals surface area contributed by atoms with Gasteiger partial charge in [0.05, 0.1) is 22.8 Å². The van der Waals surface area contributed by atoms with E-state index in [0.717, 1.165) is 54.4 Å². The van der Waals surface area contributed by atoms with E-state index in [4.69, 9.17) is 4.74 Å². The number of halogens is 3. The normalized spacial score (nSPS) is 19.5. The van der Waals surface area contributed by atoms with E-state index in [2.05, 4.69) is 0 Å². The first-order chi connectivity index (χ1) is 16.6. The molecule has 0 aliphatic carbocycles. The summed E-state index contributed by atoms with van der Waals surface area (Å²) in [5, 5.41) is 0. The quantitative estimate of drug-likeness (QED) is 0.402. The molecule has 1 fully saturated rings. The molecule has 2 heterocycles. The molecule has 9 heteroatoms. The molecule has 0 spiro atoms. The molecular weight excluding hydrogens is 495 g/mol. The Hall–Kier alpha value is -1.87. The first kappa shape index (κ1) is 26.2. The number of thioether (sulfide) groups is 1. The van der Waals surface area contributed by atoms with Crippen LogP contribution in [0, 0.1) is 5.92 Å². The predicted octanol–water partition coefficient (Wildman–Crippen LogP) is 6.71. The summed E-state index contributed by atoms with van der Waals surface area (Å²) < 4.78 is 76.5. The van der Waals surface area contributed by atoms with E-state index < -0.39 is 21.8 Å². The van der Waals surface area contributed by atoms with Gasteiger partial charge >= 0.3 is 6.18 Å². The van der Waals surface area contributed by atoms with Gasteiger partial charge in [0.2, 0.25) is 0 Å². The van der Waals surface area contributed by atoms with Gasteiger partial charge in [-0.2, -0.15) is 24.9 Å². The number of hydrogen-bond acceptors (Lipinski definition) is 4. The second kappa shape index (κ2) is 10.6. The lowest BCUT2D eigenvalue weighted by atomic mass is 9.94. The first-order valence-electron chi connectivity index (χ1n) is 12.2. The van der Waals surface area contributed by atoms with Crippen LogP contribution in [0.2, 0.25) is 0 Å². The monoisotopic (exact) mass is 527 g/mol. The highest BCUT2D eigenvalue weighted by molar-refractivity contribution is 7.99. The summed E-state index contributed by atoms with van der Waals surface area (Å²) in [7, 11) is -4.22. The van der Waals surface area contributed by atoms with Gasteiger partial charge in [0.25, 0.3) is 10.0 Å². The fourth-order valence-electron chi connectivity index (χ4n) is 4.86. The van der Waals surface area contributed by atoms with Crippen LogP contribution in [0.5, 0.6) is 5.75 Å². The SMILES string of the molecule is CCc1ccc2c(c1)CCC(CC)N2S(=O)(=O)c1ccc(OCC2CCSCC2)c(C(F)(F)F)c1. The van der Waals surface area contributed by atoms with Crippen LogP contribution in [0.15, 0.2) is 41.3 Å². The summed E-state index contributed by atoms with van der Waals surface area (Å²) in [5.41, 5.74) is 1.53. The maximum absolute atomic E-state index is 14.0. The van der Waals surface area contributed by atoms with Crippen molar-refractivity contribution in [2.45, 2.75) is 69.5 Å². The summed E-state index contributed by atoms with van der Waals surface area (Å²) >= 11 is 1.84. The highest BCUT2D eigenvalue weighted by atomic mass is 32.2. The lowest BCUT2D eigenvalue weighted by Crippen LogP contribution is -2.43. The van der Waals surface area contributed by atoms with E-state index in [1.54, 1.807) is 6.07 Å². The molecule has 2 aromatic rings. The average molecular weight is 528 g/mol. The molecule has 2 aliphatic rings. The number of rotatable bonds is 7. The van der Waals surface area contributed by atoms with Crippen molar-refractivity contribution in [3.63, 3.8) is 0 Å². The third-order valence-electron chi connectivity index (χ3n) is 6.97. The van der Waals surface area contributed by atoms with Crippen molar-refractivity contribution >= 4 is 27.5 Å². The number of hydrogen-bond donors (Lipinski definition) is 0. The van der Waals surface area contributed by atoms with E-state index in [1.807, 2.05) is 37.7 Å². The van der Waals surface area contributed by atoms with Crippen molar-refractivity contribution in [3.05, 3.63) is 53.1 Å². The Morgan fingerprint density at radius 2 is 1.80 bits per heavy atom. The molecule has 2 aliphatic heterocycles. The Morgan fingerprint density at radius 1 is 1.06 bits per heavy atom. The fourth-order valence-corrected chi connectivity index (χ4v) is 7.88. The second-order valence-electron chi connectivity index (χ2n) is 9.24.